The second-order valence-electron chi connectivity index (χ2n) is 6.04. The van der Waals surface area contributed by atoms with Crippen molar-refractivity contribution in [2.24, 2.45) is 0 Å². The molecule has 1 saturated heterocycles. The molecule has 1 saturated carbocycles. The van der Waals surface area contributed by atoms with Crippen LogP contribution in [0, 0.1) is 0 Å². The van der Waals surface area contributed by atoms with Gasteiger partial charge in [0.25, 0.3) is 11.8 Å². The van der Waals surface area contributed by atoms with Crippen LogP contribution in [0.25, 0.3) is 6.08 Å². The lowest BCUT2D eigenvalue weighted by atomic mass is 10.0. The molecule has 124 valence electrons. The van der Waals surface area contributed by atoms with Crippen LogP contribution in [-0.4, -0.2) is 35.6 Å². The molecule has 0 bridgehead atoms. The summed E-state index contributed by atoms with van der Waals surface area (Å²) in [5.41, 5.74) is 0.596. The standard InChI is InChI=1S/C17H16N2O5/c20-15-12(7-10-5-6-13-14(8-10)24-9-23-13)16(21)19(17(22)18-15)11-3-1-2-4-11/h5-8,11H,1-4,9H2,(H,18,20,22)/b12-7-. The van der Waals surface area contributed by atoms with E-state index in [1.54, 1.807) is 18.2 Å². The van der Waals surface area contributed by atoms with Crippen LogP contribution < -0.4 is 14.8 Å². The highest BCUT2D eigenvalue weighted by molar-refractivity contribution is 6.31. The fraction of sp³-hybridized carbons (Fsp3) is 0.353. The highest BCUT2D eigenvalue weighted by atomic mass is 16.7. The molecule has 0 atom stereocenters. The summed E-state index contributed by atoms with van der Waals surface area (Å²) in [4.78, 5) is 38.1. The quantitative estimate of drug-likeness (QED) is 0.661. The minimum absolute atomic E-state index is 0.0413. The van der Waals surface area contributed by atoms with E-state index in [9.17, 15) is 14.4 Å². The molecule has 2 heterocycles. The molecule has 2 fully saturated rings. The molecule has 0 aromatic heterocycles. The molecule has 4 rings (SSSR count). The van der Waals surface area contributed by atoms with Gasteiger partial charge < -0.3 is 9.47 Å². The number of hydrogen-bond acceptors (Lipinski definition) is 5. The van der Waals surface area contributed by atoms with E-state index in [2.05, 4.69) is 5.32 Å². The molecule has 7 heteroatoms. The van der Waals surface area contributed by atoms with Crippen LogP contribution in [0.5, 0.6) is 11.5 Å². The maximum atomic E-state index is 12.7. The lowest BCUT2D eigenvalue weighted by molar-refractivity contribution is -0.131. The molecular weight excluding hydrogens is 312 g/mol. The Hall–Kier alpha value is -2.83. The van der Waals surface area contributed by atoms with Crippen molar-refractivity contribution >= 4 is 23.9 Å². The summed E-state index contributed by atoms with van der Waals surface area (Å²) in [5, 5.41) is 2.26. The largest absolute Gasteiger partial charge is 0.454 e. The minimum Gasteiger partial charge on any atom is -0.454 e. The molecule has 2 aliphatic heterocycles. The van der Waals surface area contributed by atoms with Crippen molar-refractivity contribution in [3.05, 3.63) is 29.3 Å². The second-order valence-corrected chi connectivity index (χ2v) is 6.04. The van der Waals surface area contributed by atoms with Crippen LogP contribution in [0.15, 0.2) is 23.8 Å². The molecule has 1 aromatic carbocycles. The number of imide groups is 2. The van der Waals surface area contributed by atoms with Gasteiger partial charge in [-0.2, -0.15) is 0 Å². The molecule has 1 aromatic rings. The monoisotopic (exact) mass is 328 g/mol. The highest BCUT2D eigenvalue weighted by Gasteiger charge is 2.40. The van der Waals surface area contributed by atoms with Crippen molar-refractivity contribution in [2.45, 2.75) is 31.7 Å². The van der Waals surface area contributed by atoms with Gasteiger partial charge in [-0.3, -0.25) is 19.8 Å². The first-order chi connectivity index (χ1) is 11.6. The van der Waals surface area contributed by atoms with Crippen LogP contribution in [-0.2, 0) is 9.59 Å². The number of carbonyl (C=O) groups is 3. The molecule has 7 nitrogen and oxygen atoms in total. The number of nitrogens with one attached hydrogen (secondary N) is 1. The third kappa shape index (κ3) is 2.42. The molecule has 24 heavy (non-hydrogen) atoms. The van der Waals surface area contributed by atoms with E-state index >= 15 is 0 Å². The van der Waals surface area contributed by atoms with Crippen LogP contribution in [0.4, 0.5) is 4.79 Å². The summed E-state index contributed by atoms with van der Waals surface area (Å²) in [6.45, 7) is 0.152. The first kappa shape index (κ1) is 14.7. The number of carbonyl (C=O) groups excluding carboxylic acids is 3. The Balaban J connectivity index is 1.66. The molecule has 3 aliphatic rings. The van der Waals surface area contributed by atoms with Gasteiger partial charge in [0, 0.05) is 6.04 Å². The molecule has 1 N–H and O–H groups in total. The van der Waals surface area contributed by atoms with Crippen molar-refractivity contribution in [3.63, 3.8) is 0 Å². The third-order valence-electron chi connectivity index (χ3n) is 4.53. The predicted octanol–water partition coefficient (Wildman–Crippen LogP) is 1.82. The van der Waals surface area contributed by atoms with Crippen LogP contribution in [0.1, 0.15) is 31.2 Å². The number of benzene rings is 1. The van der Waals surface area contributed by atoms with Gasteiger partial charge in [0.15, 0.2) is 11.5 Å². The van der Waals surface area contributed by atoms with Crippen LogP contribution >= 0.6 is 0 Å². The zero-order valence-corrected chi connectivity index (χ0v) is 12.9. The average Bonchev–Trinajstić information content (AvgIpc) is 3.22. The maximum absolute atomic E-state index is 12.7. The number of hydrogen-bond donors (Lipinski definition) is 1. The van der Waals surface area contributed by atoms with E-state index < -0.39 is 17.8 Å². The van der Waals surface area contributed by atoms with E-state index in [-0.39, 0.29) is 18.4 Å². The SMILES string of the molecule is O=C1NC(=O)N(C2CCCC2)C(=O)/C1=C\c1ccc2c(c1)OCO2. The zero-order chi connectivity index (χ0) is 16.7. The molecule has 1 aliphatic carbocycles. The summed E-state index contributed by atoms with van der Waals surface area (Å²) in [6, 6.07) is 4.40. The molecule has 0 spiro atoms. The summed E-state index contributed by atoms with van der Waals surface area (Å²) < 4.78 is 10.5. The van der Waals surface area contributed by atoms with Gasteiger partial charge >= 0.3 is 6.03 Å². The summed E-state index contributed by atoms with van der Waals surface area (Å²) >= 11 is 0. The first-order valence-electron chi connectivity index (χ1n) is 7.94. The number of amides is 4. The number of rotatable bonds is 2. The number of ether oxygens (including phenoxy) is 2. The number of barbiturate groups is 1. The maximum Gasteiger partial charge on any atom is 0.331 e. The smallest absolute Gasteiger partial charge is 0.331 e. The summed E-state index contributed by atoms with van der Waals surface area (Å²) in [6.07, 6.45) is 5.01. The van der Waals surface area contributed by atoms with E-state index in [4.69, 9.17) is 9.47 Å². The van der Waals surface area contributed by atoms with E-state index in [0.717, 1.165) is 25.7 Å². The average molecular weight is 328 g/mol. The van der Waals surface area contributed by atoms with Crippen LogP contribution in [0.2, 0.25) is 0 Å². The van der Waals surface area contributed by atoms with E-state index in [0.29, 0.717) is 17.1 Å². The summed E-state index contributed by atoms with van der Waals surface area (Å²) in [7, 11) is 0. The van der Waals surface area contributed by atoms with Crippen molar-refractivity contribution in [2.75, 3.05) is 6.79 Å². The Labute approximate surface area is 138 Å². The van der Waals surface area contributed by atoms with E-state index in [1.807, 2.05) is 0 Å². The third-order valence-corrected chi connectivity index (χ3v) is 4.53. The van der Waals surface area contributed by atoms with Gasteiger partial charge in [-0.05, 0) is 36.6 Å². The van der Waals surface area contributed by atoms with Gasteiger partial charge in [0.05, 0.1) is 0 Å². The number of fused-ring (bicyclic) bond motifs is 1. The summed E-state index contributed by atoms with van der Waals surface area (Å²) in [5.74, 6) is -0.0127. The topological polar surface area (TPSA) is 84.9 Å². The lowest BCUT2D eigenvalue weighted by Crippen LogP contribution is -2.57. The predicted molar refractivity (Wildman–Crippen MR) is 83.2 cm³/mol. The zero-order valence-electron chi connectivity index (χ0n) is 12.9. The number of urea groups is 1. The minimum atomic E-state index is -0.670. The van der Waals surface area contributed by atoms with Crippen LogP contribution in [0.3, 0.4) is 0 Å². The van der Waals surface area contributed by atoms with Gasteiger partial charge in [0.1, 0.15) is 5.57 Å². The Kier molecular flexibility index (Phi) is 3.48. The van der Waals surface area contributed by atoms with Gasteiger partial charge in [-0.1, -0.05) is 18.9 Å². The van der Waals surface area contributed by atoms with E-state index in [1.165, 1.54) is 11.0 Å². The molecular formula is C17H16N2O5. The second kappa shape index (κ2) is 5.67. The molecule has 4 amide bonds. The van der Waals surface area contributed by atoms with Gasteiger partial charge in [-0.25, -0.2) is 4.79 Å². The Morgan fingerprint density at radius 3 is 2.62 bits per heavy atom. The Morgan fingerprint density at radius 1 is 1.08 bits per heavy atom. The molecule has 0 radical (unpaired) electrons. The molecule has 0 unspecified atom stereocenters. The van der Waals surface area contributed by atoms with Gasteiger partial charge in [0.2, 0.25) is 6.79 Å². The van der Waals surface area contributed by atoms with Gasteiger partial charge in [-0.15, -0.1) is 0 Å². The van der Waals surface area contributed by atoms with Crippen molar-refractivity contribution in [1.82, 2.24) is 10.2 Å². The van der Waals surface area contributed by atoms with Crippen molar-refractivity contribution < 1.29 is 23.9 Å². The first-order valence-corrected chi connectivity index (χ1v) is 7.94. The lowest BCUT2D eigenvalue weighted by Gasteiger charge is -2.31. The Morgan fingerprint density at radius 2 is 1.83 bits per heavy atom. The fourth-order valence-corrected chi connectivity index (χ4v) is 3.33. The fourth-order valence-electron chi connectivity index (χ4n) is 3.33. The van der Waals surface area contributed by atoms with Crippen molar-refractivity contribution in [3.8, 4) is 11.5 Å². The highest BCUT2D eigenvalue weighted by Crippen LogP contribution is 2.33. The Bertz CT molecular complexity index is 764. The van der Waals surface area contributed by atoms with Crippen molar-refractivity contribution in [1.29, 1.82) is 0 Å². The normalized spacial score (nSPS) is 22.4. The number of nitrogens with zero attached hydrogens (tertiary/aromatic N) is 1.